The van der Waals surface area contributed by atoms with Crippen LogP contribution in [0.1, 0.15) is 29.8 Å². The Hall–Kier alpha value is -3.40. The molecular formula is C25H23NO3. The first-order valence-electron chi connectivity index (χ1n) is 9.86. The molecule has 0 saturated heterocycles. The second kappa shape index (κ2) is 7.92. The van der Waals surface area contributed by atoms with Gasteiger partial charge in [0.25, 0.3) is 0 Å². The van der Waals surface area contributed by atoms with Crippen LogP contribution in [0.4, 0.5) is 0 Å². The summed E-state index contributed by atoms with van der Waals surface area (Å²) in [5.41, 5.74) is 5.17. The van der Waals surface area contributed by atoms with Crippen molar-refractivity contribution in [3.8, 4) is 22.5 Å². The molecule has 0 atom stereocenters. The van der Waals surface area contributed by atoms with Gasteiger partial charge in [-0.3, -0.25) is 4.99 Å². The molecule has 0 radical (unpaired) electrons. The molecule has 2 aromatic carbocycles. The number of esters is 1. The third kappa shape index (κ3) is 3.54. The number of fused-ring (bicyclic) bond motifs is 2. The van der Waals surface area contributed by atoms with E-state index in [1.54, 1.807) is 0 Å². The van der Waals surface area contributed by atoms with Crippen molar-refractivity contribution in [1.82, 2.24) is 0 Å². The molecule has 1 aliphatic carbocycles. The molecule has 29 heavy (non-hydrogen) atoms. The minimum Gasteiger partial charge on any atom is -0.462 e. The smallest absolute Gasteiger partial charge is 0.338 e. The summed E-state index contributed by atoms with van der Waals surface area (Å²) >= 11 is 0. The molecule has 0 saturated carbocycles. The number of aryl methyl sites for hydroxylation is 1. The highest BCUT2D eigenvalue weighted by atomic mass is 16.5. The van der Waals surface area contributed by atoms with Crippen molar-refractivity contribution in [1.29, 1.82) is 0 Å². The van der Waals surface area contributed by atoms with E-state index in [-0.39, 0.29) is 5.97 Å². The van der Waals surface area contributed by atoms with Gasteiger partial charge in [-0.15, -0.1) is 0 Å². The van der Waals surface area contributed by atoms with Crippen molar-refractivity contribution in [3.05, 3.63) is 77.1 Å². The van der Waals surface area contributed by atoms with Crippen molar-refractivity contribution in [3.63, 3.8) is 0 Å². The Bertz CT molecular complexity index is 1240. The quantitative estimate of drug-likeness (QED) is 0.339. The topological polar surface area (TPSA) is 51.8 Å². The fraction of sp³-hybridized carbons (Fsp3) is 0.200. The Labute approximate surface area is 169 Å². The minimum absolute atomic E-state index is 0.324. The summed E-state index contributed by atoms with van der Waals surface area (Å²) in [6.45, 7) is 6.89. The Kier molecular flexibility index (Phi) is 5.17. The zero-order valence-electron chi connectivity index (χ0n) is 16.9. The zero-order chi connectivity index (χ0) is 20.4. The first-order chi connectivity index (χ1) is 14.1. The summed E-state index contributed by atoms with van der Waals surface area (Å²) in [7, 11) is 0. The molecule has 0 aromatic heterocycles. The summed E-state index contributed by atoms with van der Waals surface area (Å²) in [5, 5.41) is 1.83. The van der Waals surface area contributed by atoms with E-state index in [1.807, 2.05) is 69.3 Å². The van der Waals surface area contributed by atoms with Gasteiger partial charge in [0.05, 0.1) is 17.5 Å². The van der Waals surface area contributed by atoms with Crippen LogP contribution in [0.15, 0.2) is 70.1 Å². The van der Waals surface area contributed by atoms with E-state index in [4.69, 9.17) is 9.15 Å². The number of carbonyl (C=O) groups excluding carboxylic acids is 1. The van der Waals surface area contributed by atoms with Gasteiger partial charge >= 0.3 is 5.97 Å². The average Bonchev–Trinajstić information content (AvgIpc) is 2.72. The third-order valence-electron chi connectivity index (χ3n) is 4.89. The lowest BCUT2D eigenvalue weighted by atomic mass is 9.90. The molecule has 0 spiro atoms. The van der Waals surface area contributed by atoms with Crippen LogP contribution in [-0.2, 0) is 4.74 Å². The van der Waals surface area contributed by atoms with Gasteiger partial charge in [0.2, 0.25) is 0 Å². The normalized spacial score (nSPS) is 11.9. The van der Waals surface area contributed by atoms with E-state index in [0.29, 0.717) is 18.7 Å². The average molecular weight is 385 g/mol. The fourth-order valence-electron chi connectivity index (χ4n) is 3.65. The largest absolute Gasteiger partial charge is 0.462 e. The number of hydrogen-bond acceptors (Lipinski definition) is 4. The van der Waals surface area contributed by atoms with Crippen molar-refractivity contribution in [2.45, 2.75) is 20.8 Å². The predicted octanol–water partition coefficient (Wildman–Crippen LogP) is 5.61. The number of ether oxygens (including phenoxy) is 1. The molecule has 1 aliphatic heterocycles. The van der Waals surface area contributed by atoms with E-state index in [0.717, 1.165) is 44.3 Å². The number of hydrogen-bond donors (Lipinski definition) is 0. The highest BCUT2D eigenvalue weighted by Gasteiger charge is 2.21. The van der Waals surface area contributed by atoms with E-state index in [2.05, 4.69) is 17.1 Å². The first kappa shape index (κ1) is 18.9. The Morgan fingerprint density at radius 1 is 1.00 bits per heavy atom. The third-order valence-corrected chi connectivity index (χ3v) is 4.89. The number of nitrogens with zero attached hydrogens (tertiary/aromatic N) is 1. The Morgan fingerprint density at radius 3 is 2.62 bits per heavy atom. The molecule has 0 bridgehead atoms. The van der Waals surface area contributed by atoms with Gasteiger partial charge in [-0.25, -0.2) is 4.79 Å². The molecule has 0 unspecified atom stereocenters. The molecule has 4 nitrogen and oxygen atoms in total. The number of benzene rings is 3. The maximum Gasteiger partial charge on any atom is 0.338 e. The summed E-state index contributed by atoms with van der Waals surface area (Å²) < 4.78 is 11.6. The number of carbonyl (C=O) groups is 1. The molecule has 0 fully saturated rings. The lowest BCUT2D eigenvalue weighted by Gasteiger charge is -2.17. The van der Waals surface area contributed by atoms with Crippen LogP contribution in [0, 0.1) is 6.92 Å². The van der Waals surface area contributed by atoms with Crippen LogP contribution in [0.2, 0.25) is 0 Å². The van der Waals surface area contributed by atoms with Gasteiger partial charge in [-0.05, 0) is 56.2 Å². The van der Waals surface area contributed by atoms with Crippen LogP contribution >= 0.6 is 0 Å². The lowest BCUT2D eigenvalue weighted by Crippen LogP contribution is -2.08. The molecule has 2 aromatic rings. The summed E-state index contributed by atoms with van der Waals surface area (Å²) in [6, 6.07) is 19.7. The second-order valence-electron chi connectivity index (χ2n) is 6.90. The van der Waals surface area contributed by atoms with Gasteiger partial charge in [0, 0.05) is 29.1 Å². The molecule has 1 heterocycles. The van der Waals surface area contributed by atoms with Gasteiger partial charge in [0.1, 0.15) is 11.3 Å². The summed E-state index contributed by atoms with van der Waals surface area (Å²) in [4.78, 5) is 17.1. The molecule has 2 aliphatic rings. The first-order valence-corrected chi connectivity index (χ1v) is 9.86. The van der Waals surface area contributed by atoms with Crippen LogP contribution in [0.3, 0.4) is 0 Å². The van der Waals surface area contributed by atoms with Crippen molar-refractivity contribution >= 4 is 16.9 Å². The van der Waals surface area contributed by atoms with Gasteiger partial charge in [-0.2, -0.15) is 0 Å². The maximum absolute atomic E-state index is 12.6. The summed E-state index contributed by atoms with van der Waals surface area (Å²) in [5.74, 6) is 0.418. The van der Waals surface area contributed by atoms with Gasteiger partial charge in [0.15, 0.2) is 0 Å². The predicted molar refractivity (Wildman–Crippen MR) is 115 cm³/mol. The van der Waals surface area contributed by atoms with E-state index in [1.165, 1.54) is 0 Å². The Balaban J connectivity index is 2.11. The van der Waals surface area contributed by atoms with Gasteiger partial charge in [-0.1, -0.05) is 30.3 Å². The fourth-order valence-corrected chi connectivity index (χ4v) is 3.65. The van der Waals surface area contributed by atoms with Crippen molar-refractivity contribution in [2.24, 2.45) is 4.99 Å². The van der Waals surface area contributed by atoms with Crippen molar-refractivity contribution in [2.75, 3.05) is 13.2 Å². The van der Waals surface area contributed by atoms with Crippen LogP contribution < -0.4 is 5.36 Å². The standard InChI is InChI=1S/C25H23NO3/c1-4-26-17-11-13-21-23(15-17)29-22-14-16(3)10-12-20(22)24(21)18-8-6-7-9-19(18)25(27)28-5-2/h6-15H,4-5H2,1-3H3/b26-17-. The highest BCUT2D eigenvalue weighted by molar-refractivity contribution is 6.07. The molecular weight excluding hydrogens is 362 g/mol. The lowest BCUT2D eigenvalue weighted by molar-refractivity contribution is 0.0527. The maximum atomic E-state index is 12.6. The minimum atomic E-state index is -0.324. The van der Waals surface area contributed by atoms with E-state index < -0.39 is 0 Å². The zero-order valence-corrected chi connectivity index (χ0v) is 16.9. The van der Waals surface area contributed by atoms with Gasteiger partial charge < -0.3 is 9.15 Å². The number of rotatable bonds is 4. The van der Waals surface area contributed by atoms with Crippen LogP contribution in [0.25, 0.3) is 33.4 Å². The SMILES string of the molecule is CC/N=c1/ccc2c(-c3ccccc3C(=O)OCC)c3ccc(C)cc3oc-2c1. The molecule has 0 N–H and O–H groups in total. The monoisotopic (exact) mass is 385 g/mol. The van der Waals surface area contributed by atoms with E-state index >= 15 is 0 Å². The van der Waals surface area contributed by atoms with Crippen molar-refractivity contribution < 1.29 is 13.9 Å². The Morgan fingerprint density at radius 2 is 1.83 bits per heavy atom. The molecule has 4 heteroatoms. The highest BCUT2D eigenvalue weighted by Crippen LogP contribution is 2.41. The summed E-state index contributed by atoms with van der Waals surface area (Å²) in [6.07, 6.45) is 0. The van der Waals surface area contributed by atoms with E-state index in [9.17, 15) is 4.79 Å². The second-order valence-corrected chi connectivity index (χ2v) is 6.90. The molecule has 4 rings (SSSR count). The van der Waals surface area contributed by atoms with Crippen LogP contribution in [-0.4, -0.2) is 19.1 Å². The van der Waals surface area contributed by atoms with Crippen LogP contribution in [0.5, 0.6) is 0 Å². The molecule has 146 valence electrons. The molecule has 0 amide bonds.